The highest BCUT2D eigenvalue weighted by Crippen LogP contribution is 2.65. The number of rotatable bonds is 11. The molecule has 5 heteroatoms. The lowest BCUT2D eigenvalue weighted by Crippen LogP contribution is -2.64. The van der Waals surface area contributed by atoms with Crippen LogP contribution in [0.25, 0.3) is 55.0 Å². The van der Waals surface area contributed by atoms with Gasteiger partial charge in [-0.2, -0.15) is 0 Å². The molecule has 0 atom stereocenters. The van der Waals surface area contributed by atoms with Gasteiger partial charge in [0.25, 0.3) is 0 Å². The zero-order valence-electron chi connectivity index (χ0n) is 60.6. The second-order valence-corrected chi connectivity index (χ2v) is 37.1. The third-order valence-corrected chi connectivity index (χ3v) is 26.0. The molecule has 0 spiro atoms. The van der Waals surface area contributed by atoms with E-state index in [-0.39, 0.29) is 27.1 Å². The SMILES string of the molecule is CC(C)(C)c1ccc(N(c2ccccc2)c2cc3c(c4c2oc2ccccc24)-c2c(cc(N(c4ccccc4)c4ccc(C(C)(C)C)cc4)c4oc5ccccc5c24)C3(c2ccc(C(C)(C)C)cc2)c2ccc([Si](C)(c3ccc(C(C)(C)C)cc3)c3ccc(C(C)(C)C)cc3)cc2)cc1. The predicted molar refractivity (Wildman–Crippen MR) is 425 cm³/mol. The lowest BCUT2D eigenvalue weighted by molar-refractivity contribution is 0.589. The van der Waals surface area contributed by atoms with Crippen molar-refractivity contribution < 1.29 is 8.83 Å². The van der Waals surface area contributed by atoms with Gasteiger partial charge in [-0.15, -0.1) is 0 Å². The zero-order valence-corrected chi connectivity index (χ0v) is 61.6. The zero-order chi connectivity index (χ0) is 69.3. The molecule has 0 bridgehead atoms. The van der Waals surface area contributed by atoms with Gasteiger partial charge in [0.2, 0.25) is 0 Å². The minimum absolute atomic E-state index is 0.00611. The fourth-order valence-electron chi connectivity index (χ4n) is 15.8. The first-order valence-electron chi connectivity index (χ1n) is 35.5. The molecule has 1 aliphatic carbocycles. The van der Waals surface area contributed by atoms with E-state index in [0.717, 1.165) is 111 Å². The van der Waals surface area contributed by atoms with Crippen LogP contribution in [0.15, 0.2) is 276 Å². The minimum atomic E-state index is -2.76. The number of nitrogens with zero attached hydrogens (tertiary/aromatic N) is 2. The first-order chi connectivity index (χ1) is 47.1. The van der Waals surface area contributed by atoms with E-state index in [1.165, 1.54) is 43.4 Å². The maximum absolute atomic E-state index is 7.57. The number of hydrogen-bond acceptors (Lipinski definition) is 4. The predicted octanol–water partition coefficient (Wildman–Crippen LogP) is 24.4. The fourth-order valence-corrected chi connectivity index (χ4v) is 19.3. The molecule has 2 aromatic heterocycles. The maximum atomic E-state index is 7.57. The molecule has 15 rings (SSSR count). The lowest BCUT2D eigenvalue weighted by Gasteiger charge is -2.37. The van der Waals surface area contributed by atoms with Crippen molar-refractivity contribution in [3.05, 3.63) is 317 Å². The van der Waals surface area contributed by atoms with Crippen molar-refractivity contribution in [1.29, 1.82) is 0 Å². The summed E-state index contributed by atoms with van der Waals surface area (Å²) in [6, 6.07) is 102. The van der Waals surface area contributed by atoms with Gasteiger partial charge in [0, 0.05) is 44.3 Å². The summed E-state index contributed by atoms with van der Waals surface area (Å²) in [4.78, 5) is 4.88. The lowest BCUT2D eigenvalue weighted by atomic mass is 9.67. The molecule has 0 fully saturated rings. The number of anilines is 6. The van der Waals surface area contributed by atoms with Gasteiger partial charge in [-0.1, -0.05) is 305 Å². The average molecular weight is 1310 g/mol. The number of para-hydroxylation sites is 4. The average Bonchev–Trinajstić information content (AvgIpc) is 1.50. The normalized spacial score (nSPS) is 13.5. The highest BCUT2D eigenvalue weighted by atomic mass is 28.3. The Hall–Kier alpha value is -9.94. The van der Waals surface area contributed by atoms with Crippen molar-refractivity contribution in [3.8, 4) is 11.1 Å². The highest BCUT2D eigenvalue weighted by Gasteiger charge is 2.51. The highest BCUT2D eigenvalue weighted by molar-refractivity contribution is 7.10. The molecular weight excluding hydrogens is 1220 g/mol. The second kappa shape index (κ2) is 23.6. The van der Waals surface area contributed by atoms with Gasteiger partial charge >= 0.3 is 0 Å². The number of furan rings is 2. The number of benzene rings is 12. The van der Waals surface area contributed by atoms with E-state index in [1.807, 2.05) is 0 Å². The van der Waals surface area contributed by atoms with Crippen LogP contribution in [-0.2, 0) is 32.5 Å². The molecule has 0 saturated carbocycles. The van der Waals surface area contributed by atoms with Crippen molar-refractivity contribution in [2.75, 3.05) is 9.80 Å². The Morgan fingerprint density at radius 2 is 0.556 bits per heavy atom. The molecule has 0 radical (unpaired) electrons. The van der Waals surface area contributed by atoms with Gasteiger partial charge in [0.05, 0.1) is 16.8 Å². The Kier molecular flexibility index (Phi) is 15.5. The van der Waals surface area contributed by atoms with E-state index in [4.69, 9.17) is 8.83 Å². The molecule has 0 unspecified atom stereocenters. The Balaban J connectivity index is 1.13. The molecule has 0 aliphatic heterocycles. The summed E-state index contributed by atoms with van der Waals surface area (Å²) < 4.78 is 15.1. The first kappa shape index (κ1) is 65.0. The molecule has 0 amide bonds. The van der Waals surface area contributed by atoms with E-state index >= 15 is 0 Å². The molecule has 12 aromatic carbocycles. The molecule has 0 N–H and O–H groups in total. The molecule has 494 valence electrons. The van der Waals surface area contributed by atoms with Gasteiger partial charge in [0.15, 0.2) is 11.2 Å². The van der Waals surface area contributed by atoms with E-state index in [2.05, 4.69) is 387 Å². The standard InChI is InChI=1S/C94H92N2O2Si/c1-89(2,3)61-35-37-66(38-36-61)94(67-47-57-74(58-48-67)99(16,72-53-43-64(44-54-72)92(10,11)12)73-55-45-65(46-56-73)93(13,14)15)77-59-79(95(68-27-19-17-20-28-68)70-49-39-62(40-50-70)90(4,5)6)87-83(75-31-23-25-33-81(75)97-87)85(77)86-78(94)60-80(88-84(86)76-32-24-26-34-82(76)98-88)96(69-29-21-18-22-30-69)71-51-41-63(42-52-71)91(7,8)9/h17-60H,1-16H3. The smallest absolute Gasteiger partial charge is 0.160 e. The van der Waals surface area contributed by atoms with E-state index in [9.17, 15) is 0 Å². The molecule has 14 aromatic rings. The van der Waals surface area contributed by atoms with Crippen molar-refractivity contribution in [1.82, 2.24) is 0 Å². The van der Waals surface area contributed by atoms with Gasteiger partial charge in [0.1, 0.15) is 19.2 Å². The third kappa shape index (κ3) is 10.9. The van der Waals surface area contributed by atoms with E-state index < -0.39 is 13.5 Å². The van der Waals surface area contributed by atoms with Crippen LogP contribution in [0.3, 0.4) is 0 Å². The van der Waals surface area contributed by atoms with Crippen LogP contribution >= 0.6 is 0 Å². The summed E-state index contributed by atoms with van der Waals surface area (Å²) in [5, 5.41) is 8.31. The Bertz CT molecular complexity index is 5050. The monoisotopic (exact) mass is 1310 g/mol. The van der Waals surface area contributed by atoms with Crippen LogP contribution in [0.4, 0.5) is 34.1 Å². The summed E-state index contributed by atoms with van der Waals surface area (Å²) >= 11 is 0. The third-order valence-electron chi connectivity index (χ3n) is 21.5. The van der Waals surface area contributed by atoms with E-state index in [1.54, 1.807) is 0 Å². The number of fused-ring (bicyclic) bond motifs is 11. The van der Waals surface area contributed by atoms with E-state index in [0.29, 0.717) is 0 Å². The maximum Gasteiger partial charge on any atom is 0.160 e. The van der Waals surface area contributed by atoms with Crippen LogP contribution in [0, 0.1) is 0 Å². The van der Waals surface area contributed by atoms with Crippen molar-refractivity contribution in [3.63, 3.8) is 0 Å². The summed E-state index contributed by atoms with van der Waals surface area (Å²) in [6.45, 7) is 37.2. The molecule has 4 nitrogen and oxygen atoms in total. The number of hydrogen-bond donors (Lipinski definition) is 0. The second-order valence-electron chi connectivity index (χ2n) is 33.1. The summed E-state index contributed by atoms with van der Waals surface area (Å²) in [6.07, 6.45) is 0. The van der Waals surface area contributed by atoms with Crippen molar-refractivity contribution >= 4 is 102 Å². The largest absolute Gasteiger partial charge is 0.454 e. The van der Waals surface area contributed by atoms with Crippen LogP contribution in [-0.4, -0.2) is 8.07 Å². The summed E-state index contributed by atoms with van der Waals surface area (Å²) in [5.41, 5.74) is 21.5. The minimum Gasteiger partial charge on any atom is -0.454 e. The van der Waals surface area contributed by atoms with Gasteiger partial charge < -0.3 is 18.6 Å². The fraction of sp³-hybridized carbons (Fsp3) is 0.234. The van der Waals surface area contributed by atoms with Crippen LogP contribution in [0.5, 0.6) is 0 Å². The Labute approximate surface area is 587 Å². The molecular formula is C94H92N2O2Si. The summed E-state index contributed by atoms with van der Waals surface area (Å²) in [7, 11) is -2.76. The van der Waals surface area contributed by atoms with Gasteiger partial charge in [-0.05, 0) is 177 Å². The topological polar surface area (TPSA) is 32.8 Å². The molecule has 99 heavy (non-hydrogen) atoms. The van der Waals surface area contributed by atoms with Gasteiger partial charge in [-0.3, -0.25) is 0 Å². The van der Waals surface area contributed by atoms with Crippen molar-refractivity contribution in [2.24, 2.45) is 0 Å². The molecule has 1 aliphatic rings. The summed E-state index contributed by atoms with van der Waals surface area (Å²) in [5.74, 6) is 0. The molecule has 0 saturated heterocycles. The van der Waals surface area contributed by atoms with Crippen molar-refractivity contribution in [2.45, 2.75) is 143 Å². The van der Waals surface area contributed by atoms with Crippen LogP contribution < -0.4 is 25.4 Å². The molecule has 2 heterocycles. The Morgan fingerprint density at radius 1 is 0.293 bits per heavy atom. The first-order valence-corrected chi connectivity index (χ1v) is 38.0. The Morgan fingerprint density at radius 3 is 0.879 bits per heavy atom. The quantitative estimate of drug-likeness (QED) is 0.0954. The van der Waals surface area contributed by atoms with Gasteiger partial charge in [-0.25, -0.2) is 0 Å². The van der Waals surface area contributed by atoms with Crippen LogP contribution in [0.1, 0.15) is 154 Å². The van der Waals surface area contributed by atoms with Crippen LogP contribution in [0.2, 0.25) is 6.55 Å².